The van der Waals surface area contributed by atoms with Crippen LogP contribution in [-0.2, 0) is 6.54 Å². The first-order valence-corrected chi connectivity index (χ1v) is 9.29. The van der Waals surface area contributed by atoms with E-state index in [-0.39, 0.29) is 0 Å². The first kappa shape index (κ1) is 17.3. The molecule has 1 saturated heterocycles. The zero-order valence-corrected chi connectivity index (χ0v) is 16.0. The minimum absolute atomic E-state index is 0.670. The van der Waals surface area contributed by atoms with Crippen molar-refractivity contribution in [3.8, 4) is 5.75 Å². The third-order valence-electron chi connectivity index (χ3n) is 3.96. The van der Waals surface area contributed by atoms with Gasteiger partial charge in [-0.2, -0.15) is 0 Å². The van der Waals surface area contributed by atoms with E-state index >= 15 is 0 Å². The monoisotopic (exact) mass is 418 g/mol. The van der Waals surface area contributed by atoms with Crippen molar-refractivity contribution in [2.75, 3.05) is 26.2 Å². The lowest BCUT2D eigenvalue weighted by Crippen LogP contribution is -2.37. The molecule has 1 aliphatic rings. The minimum atomic E-state index is 0.670. The SMILES string of the molecule is CCOc1c(Br)cc(CNCC2CCCN2CC)cc1Br. The van der Waals surface area contributed by atoms with Gasteiger partial charge >= 0.3 is 0 Å². The van der Waals surface area contributed by atoms with Crippen LogP contribution in [0.1, 0.15) is 32.3 Å². The van der Waals surface area contributed by atoms with Gasteiger partial charge in [0.05, 0.1) is 15.6 Å². The van der Waals surface area contributed by atoms with Gasteiger partial charge in [0.15, 0.2) is 0 Å². The molecular weight excluding hydrogens is 396 g/mol. The molecule has 21 heavy (non-hydrogen) atoms. The lowest BCUT2D eigenvalue weighted by Gasteiger charge is -2.23. The van der Waals surface area contributed by atoms with E-state index in [0.717, 1.165) is 34.3 Å². The van der Waals surface area contributed by atoms with Crippen LogP contribution in [0.3, 0.4) is 0 Å². The topological polar surface area (TPSA) is 24.5 Å². The number of hydrogen-bond donors (Lipinski definition) is 1. The zero-order chi connectivity index (χ0) is 15.2. The number of rotatable bonds is 7. The molecule has 1 fully saturated rings. The molecule has 1 atom stereocenters. The van der Waals surface area contributed by atoms with Gasteiger partial charge in [0.25, 0.3) is 0 Å². The maximum atomic E-state index is 5.62. The summed E-state index contributed by atoms with van der Waals surface area (Å²) in [4.78, 5) is 2.57. The molecule has 118 valence electrons. The van der Waals surface area contributed by atoms with Crippen LogP contribution in [-0.4, -0.2) is 37.2 Å². The molecule has 1 unspecified atom stereocenters. The molecule has 0 amide bonds. The first-order chi connectivity index (χ1) is 10.2. The summed E-state index contributed by atoms with van der Waals surface area (Å²) < 4.78 is 7.63. The van der Waals surface area contributed by atoms with Gasteiger partial charge < -0.3 is 10.1 Å². The van der Waals surface area contributed by atoms with Crippen molar-refractivity contribution in [2.45, 2.75) is 39.3 Å². The second-order valence-electron chi connectivity index (χ2n) is 5.38. The van der Waals surface area contributed by atoms with Gasteiger partial charge in [0.1, 0.15) is 5.75 Å². The molecule has 1 aromatic carbocycles. The Labute approximate surface area is 144 Å². The fraction of sp³-hybridized carbons (Fsp3) is 0.625. The molecule has 3 nitrogen and oxygen atoms in total. The Bertz CT molecular complexity index is 445. The molecule has 0 spiro atoms. The van der Waals surface area contributed by atoms with Crippen molar-refractivity contribution in [1.29, 1.82) is 0 Å². The molecule has 5 heteroatoms. The van der Waals surface area contributed by atoms with Gasteiger partial charge in [-0.1, -0.05) is 6.92 Å². The highest BCUT2D eigenvalue weighted by Crippen LogP contribution is 2.34. The molecule has 0 bridgehead atoms. The van der Waals surface area contributed by atoms with Gasteiger partial charge in [0.2, 0.25) is 0 Å². The maximum absolute atomic E-state index is 5.62. The highest BCUT2D eigenvalue weighted by atomic mass is 79.9. The highest BCUT2D eigenvalue weighted by molar-refractivity contribution is 9.11. The predicted octanol–water partition coefficient (Wildman–Crippen LogP) is 4.18. The van der Waals surface area contributed by atoms with E-state index in [2.05, 4.69) is 61.1 Å². The second kappa shape index (κ2) is 8.51. The van der Waals surface area contributed by atoms with E-state index in [0.29, 0.717) is 12.6 Å². The molecular formula is C16H24Br2N2O. The number of nitrogens with one attached hydrogen (secondary N) is 1. The standard InChI is InChI=1S/C16H24Br2N2O/c1-3-20-7-5-6-13(20)11-19-10-12-8-14(17)16(21-4-2)15(18)9-12/h8-9,13,19H,3-7,10-11H2,1-2H3. The van der Waals surface area contributed by atoms with Crippen LogP contribution in [0, 0.1) is 0 Å². The van der Waals surface area contributed by atoms with Gasteiger partial charge in [-0.05, 0) is 82.4 Å². The van der Waals surface area contributed by atoms with Crippen LogP contribution in [0.25, 0.3) is 0 Å². The Morgan fingerprint density at radius 3 is 2.62 bits per heavy atom. The van der Waals surface area contributed by atoms with E-state index in [1.165, 1.54) is 24.9 Å². The smallest absolute Gasteiger partial charge is 0.147 e. The number of nitrogens with zero attached hydrogens (tertiary/aromatic N) is 1. The van der Waals surface area contributed by atoms with Crippen LogP contribution in [0.4, 0.5) is 0 Å². The van der Waals surface area contributed by atoms with E-state index in [4.69, 9.17) is 4.74 Å². The van der Waals surface area contributed by atoms with Gasteiger partial charge in [0, 0.05) is 19.1 Å². The third kappa shape index (κ3) is 4.68. The fourth-order valence-corrected chi connectivity index (χ4v) is 4.43. The number of likely N-dealkylation sites (tertiary alicyclic amines) is 1. The maximum Gasteiger partial charge on any atom is 0.147 e. The van der Waals surface area contributed by atoms with Gasteiger partial charge in [-0.3, -0.25) is 4.90 Å². The molecule has 0 aliphatic carbocycles. The summed E-state index contributed by atoms with van der Waals surface area (Å²) in [6.07, 6.45) is 2.65. The molecule has 2 rings (SSSR count). The average molecular weight is 420 g/mol. The van der Waals surface area contributed by atoms with Crippen LogP contribution in [0.5, 0.6) is 5.75 Å². The van der Waals surface area contributed by atoms with Crippen molar-refractivity contribution in [3.63, 3.8) is 0 Å². The predicted molar refractivity (Wildman–Crippen MR) is 95.0 cm³/mol. The van der Waals surface area contributed by atoms with Gasteiger partial charge in [-0.15, -0.1) is 0 Å². The quantitative estimate of drug-likeness (QED) is 0.717. The van der Waals surface area contributed by atoms with Crippen molar-refractivity contribution >= 4 is 31.9 Å². The number of likely N-dealkylation sites (N-methyl/N-ethyl adjacent to an activating group) is 1. The zero-order valence-electron chi connectivity index (χ0n) is 12.8. The van der Waals surface area contributed by atoms with Crippen molar-refractivity contribution in [1.82, 2.24) is 10.2 Å². The molecule has 1 aromatic rings. The van der Waals surface area contributed by atoms with E-state index in [9.17, 15) is 0 Å². The average Bonchev–Trinajstić information content (AvgIpc) is 2.90. The van der Waals surface area contributed by atoms with Crippen LogP contribution in [0.2, 0.25) is 0 Å². The summed E-state index contributed by atoms with van der Waals surface area (Å²) in [6, 6.07) is 4.97. The van der Waals surface area contributed by atoms with Crippen molar-refractivity contribution in [3.05, 3.63) is 26.6 Å². The first-order valence-electron chi connectivity index (χ1n) is 7.71. The van der Waals surface area contributed by atoms with Crippen LogP contribution < -0.4 is 10.1 Å². The Morgan fingerprint density at radius 1 is 1.29 bits per heavy atom. The number of ether oxygens (including phenoxy) is 1. The third-order valence-corrected chi connectivity index (χ3v) is 5.14. The normalized spacial score (nSPS) is 19.1. The van der Waals surface area contributed by atoms with E-state index < -0.39 is 0 Å². The highest BCUT2D eigenvalue weighted by Gasteiger charge is 2.22. The summed E-state index contributed by atoms with van der Waals surface area (Å²) in [7, 11) is 0. The number of benzene rings is 1. The Balaban J connectivity index is 1.89. The Morgan fingerprint density at radius 2 is 2.00 bits per heavy atom. The summed E-state index contributed by atoms with van der Waals surface area (Å²) >= 11 is 7.17. The second-order valence-corrected chi connectivity index (χ2v) is 7.09. The molecule has 0 aromatic heterocycles. The number of halogens is 2. The summed E-state index contributed by atoms with van der Waals surface area (Å²) in [5, 5.41) is 3.59. The van der Waals surface area contributed by atoms with Crippen molar-refractivity contribution < 1.29 is 4.74 Å². The molecule has 1 aliphatic heterocycles. The summed E-state index contributed by atoms with van der Waals surface area (Å²) in [6.45, 7) is 9.28. The lowest BCUT2D eigenvalue weighted by molar-refractivity contribution is 0.260. The van der Waals surface area contributed by atoms with Crippen molar-refractivity contribution in [2.24, 2.45) is 0 Å². The largest absolute Gasteiger partial charge is 0.492 e. The fourth-order valence-electron chi connectivity index (χ4n) is 2.92. The van der Waals surface area contributed by atoms with E-state index in [1.54, 1.807) is 0 Å². The number of hydrogen-bond acceptors (Lipinski definition) is 3. The summed E-state index contributed by atoms with van der Waals surface area (Å²) in [5.41, 5.74) is 1.26. The molecule has 0 saturated carbocycles. The van der Waals surface area contributed by atoms with Gasteiger partial charge in [-0.25, -0.2) is 0 Å². The molecule has 0 radical (unpaired) electrons. The molecule has 1 heterocycles. The van der Waals surface area contributed by atoms with Crippen LogP contribution in [0.15, 0.2) is 21.1 Å². The lowest BCUT2D eigenvalue weighted by atomic mass is 10.2. The summed E-state index contributed by atoms with van der Waals surface area (Å²) in [5.74, 6) is 0.884. The Kier molecular flexibility index (Phi) is 6.99. The Hall–Kier alpha value is -0.100. The molecule has 1 N–H and O–H groups in total. The minimum Gasteiger partial charge on any atom is -0.492 e. The van der Waals surface area contributed by atoms with Crippen LogP contribution >= 0.6 is 31.9 Å². The van der Waals surface area contributed by atoms with E-state index in [1.807, 2.05) is 6.92 Å².